The van der Waals surface area contributed by atoms with Gasteiger partial charge in [0.15, 0.2) is 9.84 Å². The zero-order chi connectivity index (χ0) is 31.6. The molecule has 1 aromatic heterocycles. The van der Waals surface area contributed by atoms with Crippen LogP contribution in [-0.2, 0) is 27.7 Å². The molecule has 0 atom stereocenters. The number of halogens is 3. The van der Waals surface area contributed by atoms with Crippen LogP contribution in [0, 0.1) is 0 Å². The molecule has 240 valence electrons. The highest BCUT2D eigenvalue weighted by Gasteiger charge is 2.31. The van der Waals surface area contributed by atoms with E-state index in [0.717, 1.165) is 74.3 Å². The highest BCUT2D eigenvalue weighted by molar-refractivity contribution is 7.90. The highest BCUT2D eigenvalue weighted by Crippen LogP contribution is 2.36. The molecular formula is C34H39F3N4O3S. The van der Waals surface area contributed by atoms with Crippen LogP contribution in [-0.4, -0.2) is 68.7 Å². The highest BCUT2D eigenvalue weighted by atomic mass is 32.2. The van der Waals surface area contributed by atoms with Gasteiger partial charge in [-0.2, -0.15) is 13.2 Å². The number of rotatable bonds is 9. The maximum Gasteiger partial charge on any atom is 0.406 e. The summed E-state index contributed by atoms with van der Waals surface area (Å²) in [6, 6.07) is 22.3. The molecule has 2 saturated heterocycles. The largest absolute Gasteiger partial charge is 0.406 e. The summed E-state index contributed by atoms with van der Waals surface area (Å²) in [5.41, 5.74) is 4.34. The zero-order valence-electron chi connectivity index (χ0n) is 25.3. The van der Waals surface area contributed by atoms with Crippen molar-refractivity contribution >= 4 is 32.1 Å². The number of alkyl halides is 3. The first-order chi connectivity index (χ1) is 21.5. The Bertz CT molecular complexity index is 1710. The van der Waals surface area contributed by atoms with E-state index in [-0.39, 0.29) is 10.9 Å². The third-order valence-electron chi connectivity index (χ3n) is 8.91. The fraction of sp³-hybridized carbons (Fsp3) is 0.412. The molecular weight excluding hydrogens is 601 g/mol. The van der Waals surface area contributed by atoms with E-state index in [9.17, 15) is 21.6 Å². The van der Waals surface area contributed by atoms with Gasteiger partial charge in [0.25, 0.3) is 0 Å². The van der Waals surface area contributed by atoms with Crippen LogP contribution in [0.5, 0.6) is 0 Å². The molecule has 3 aromatic carbocycles. The van der Waals surface area contributed by atoms with Crippen LogP contribution >= 0.6 is 0 Å². The van der Waals surface area contributed by atoms with Crippen molar-refractivity contribution in [2.24, 2.45) is 0 Å². The van der Waals surface area contributed by atoms with Crippen LogP contribution in [0.2, 0.25) is 0 Å². The first-order valence-corrected chi connectivity index (χ1v) is 17.3. The van der Waals surface area contributed by atoms with Crippen LogP contribution in [0.1, 0.15) is 31.2 Å². The van der Waals surface area contributed by atoms with Crippen LogP contribution in [0.4, 0.5) is 24.5 Å². The standard InChI is InChI=1S/C34H39F3N4O3S/c1-45(42,43)29-11-9-26(10-12-29)38-22-24-5-7-25(8-6-24)33-21-30-31(3-2-4-32(30)41(33)23-34(35,36)37)39-27-13-17-40(18-14-27)28-15-19-44-20-16-28/h2-12,21,27-28,38-39H,13-20,22-23H2,1H3. The van der Waals surface area contributed by atoms with Gasteiger partial charge in [-0.05, 0) is 79.3 Å². The Morgan fingerprint density at radius 2 is 1.60 bits per heavy atom. The summed E-state index contributed by atoms with van der Waals surface area (Å²) in [4.78, 5) is 2.81. The molecule has 2 N–H and O–H groups in total. The Labute approximate surface area is 262 Å². The number of piperidine rings is 1. The first kappa shape index (κ1) is 31.4. The molecule has 6 rings (SSSR count). The van der Waals surface area contributed by atoms with E-state index in [2.05, 4.69) is 15.5 Å². The Morgan fingerprint density at radius 3 is 2.24 bits per heavy atom. The van der Waals surface area contributed by atoms with Gasteiger partial charge >= 0.3 is 6.18 Å². The Kier molecular flexibility index (Phi) is 9.12. The van der Waals surface area contributed by atoms with Gasteiger partial charge in [0.2, 0.25) is 0 Å². The van der Waals surface area contributed by atoms with E-state index in [1.54, 1.807) is 30.3 Å². The van der Waals surface area contributed by atoms with Crippen LogP contribution in [0.25, 0.3) is 22.2 Å². The van der Waals surface area contributed by atoms with Crippen molar-refractivity contribution < 1.29 is 26.3 Å². The predicted molar refractivity (Wildman–Crippen MR) is 172 cm³/mol. The van der Waals surface area contributed by atoms with E-state index >= 15 is 0 Å². The molecule has 11 heteroatoms. The molecule has 0 spiro atoms. The van der Waals surface area contributed by atoms with E-state index in [1.165, 1.54) is 10.8 Å². The van der Waals surface area contributed by atoms with Crippen molar-refractivity contribution in [2.75, 3.05) is 43.2 Å². The summed E-state index contributed by atoms with van der Waals surface area (Å²) >= 11 is 0. The van der Waals surface area contributed by atoms with Gasteiger partial charge in [0.1, 0.15) is 6.54 Å². The molecule has 0 unspecified atom stereocenters. The number of anilines is 2. The van der Waals surface area contributed by atoms with Crippen molar-refractivity contribution in [3.05, 3.63) is 78.4 Å². The molecule has 0 radical (unpaired) electrons. The lowest BCUT2D eigenvalue weighted by Gasteiger charge is -2.39. The average Bonchev–Trinajstić information content (AvgIpc) is 3.38. The number of ether oxygens (including phenoxy) is 1. The zero-order valence-corrected chi connectivity index (χ0v) is 26.1. The number of sulfone groups is 1. The number of fused-ring (bicyclic) bond motifs is 1. The van der Waals surface area contributed by atoms with Gasteiger partial charge in [-0.3, -0.25) is 0 Å². The average molecular weight is 641 g/mol. The Hall–Kier alpha value is -3.54. The van der Waals surface area contributed by atoms with Gasteiger partial charge in [0.05, 0.1) is 10.4 Å². The SMILES string of the molecule is CS(=O)(=O)c1ccc(NCc2ccc(-c3cc4c(NC5CCN(C6CCOCC6)CC5)cccc4n3CC(F)(F)F)cc2)cc1. The fourth-order valence-electron chi connectivity index (χ4n) is 6.50. The number of benzene rings is 3. The minimum absolute atomic E-state index is 0.251. The molecule has 2 aliphatic rings. The fourth-order valence-corrected chi connectivity index (χ4v) is 7.13. The number of likely N-dealkylation sites (tertiary alicyclic amines) is 1. The molecule has 7 nitrogen and oxygen atoms in total. The Balaban J connectivity index is 1.19. The molecule has 2 aliphatic heterocycles. The Morgan fingerprint density at radius 1 is 0.911 bits per heavy atom. The van der Waals surface area contributed by atoms with Crippen molar-refractivity contribution in [1.29, 1.82) is 0 Å². The third kappa shape index (κ3) is 7.65. The van der Waals surface area contributed by atoms with Gasteiger partial charge in [-0.15, -0.1) is 0 Å². The summed E-state index contributed by atoms with van der Waals surface area (Å²) in [5, 5.41) is 7.72. The molecule has 4 aromatic rings. The molecule has 0 aliphatic carbocycles. The smallest absolute Gasteiger partial charge is 0.382 e. The minimum atomic E-state index is -4.38. The van der Waals surface area contributed by atoms with Gasteiger partial charge in [-0.25, -0.2) is 8.42 Å². The van der Waals surface area contributed by atoms with E-state index < -0.39 is 22.6 Å². The topological polar surface area (TPSA) is 75.6 Å². The molecule has 0 amide bonds. The van der Waals surface area contributed by atoms with Crippen molar-refractivity contribution in [3.63, 3.8) is 0 Å². The number of nitrogens with one attached hydrogen (secondary N) is 2. The summed E-state index contributed by atoms with van der Waals surface area (Å²) in [5.74, 6) is 0. The molecule has 0 saturated carbocycles. The van der Waals surface area contributed by atoms with Gasteiger partial charge < -0.3 is 24.8 Å². The monoisotopic (exact) mass is 640 g/mol. The normalized spacial score (nSPS) is 17.5. The van der Waals surface area contributed by atoms with Crippen LogP contribution in [0.3, 0.4) is 0 Å². The lowest BCUT2D eigenvalue weighted by atomic mass is 9.99. The maximum atomic E-state index is 13.8. The van der Waals surface area contributed by atoms with E-state index in [1.807, 2.05) is 42.5 Å². The van der Waals surface area contributed by atoms with Gasteiger partial charge in [0, 0.05) is 73.6 Å². The summed E-state index contributed by atoms with van der Waals surface area (Å²) in [7, 11) is -3.27. The predicted octanol–water partition coefficient (Wildman–Crippen LogP) is 6.94. The second-order valence-electron chi connectivity index (χ2n) is 12.1. The second-order valence-corrected chi connectivity index (χ2v) is 14.1. The quantitative estimate of drug-likeness (QED) is 0.207. The van der Waals surface area contributed by atoms with Crippen molar-refractivity contribution in [1.82, 2.24) is 9.47 Å². The van der Waals surface area contributed by atoms with Crippen molar-refractivity contribution in [2.45, 2.75) is 61.9 Å². The summed E-state index contributed by atoms with van der Waals surface area (Å²) in [6.45, 7) is 3.06. The number of aromatic nitrogens is 1. The van der Waals surface area contributed by atoms with Crippen molar-refractivity contribution in [3.8, 4) is 11.3 Å². The lowest BCUT2D eigenvalue weighted by Crippen LogP contribution is -2.46. The number of hydrogen-bond acceptors (Lipinski definition) is 6. The molecule has 45 heavy (non-hydrogen) atoms. The number of hydrogen-bond donors (Lipinski definition) is 2. The summed E-state index contributed by atoms with van der Waals surface area (Å²) < 4.78 is 71.8. The van der Waals surface area contributed by atoms with Crippen LogP contribution in [0.15, 0.2) is 77.7 Å². The third-order valence-corrected chi connectivity index (χ3v) is 10.0. The van der Waals surface area contributed by atoms with Crippen LogP contribution < -0.4 is 10.6 Å². The molecule has 0 bridgehead atoms. The van der Waals surface area contributed by atoms with Gasteiger partial charge in [-0.1, -0.05) is 30.3 Å². The molecule has 3 heterocycles. The molecule has 2 fully saturated rings. The lowest BCUT2D eigenvalue weighted by molar-refractivity contribution is -0.139. The maximum absolute atomic E-state index is 13.8. The summed E-state index contributed by atoms with van der Waals surface area (Å²) in [6.07, 6.45) is 0.914. The minimum Gasteiger partial charge on any atom is -0.382 e. The first-order valence-electron chi connectivity index (χ1n) is 15.4. The van der Waals surface area contributed by atoms with E-state index in [0.29, 0.717) is 29.4 Å². The number of nitrogens with zero attached hydrogens (tertiary/aromatic N) is 2. The second kappa shape index (κ2) is 13.1. The van der Waals surface area contributed by atoms with E-state index in [4.69, 9.17) is 4.74 Å².